The number of hydrogen-bond acceptors (Lipinski definition) is 5. The number of benzene rings is 1. The van der Waals surface area contributed by atoms with Gasteiger partial charge in [-0.3, -0.25) is 19.5 Å². The predicted octanol–water partition coefficient (Wildman–Crippen LogP) is -0.322. The van der Waals surface area contributed by atoms with Gasteiger partial charge in [-0.05, 0) is 31.5 Å². The molecule has 1 heterocycles. The average Bonchev–Trinajstić information content (AvgIpc) is 2.73. The molecule has 1 aromatic carbocycles. The topological polar surface area (TPSA) is 121 Å². The fraction of sp³-hybridized carbons (Fsp3) is 0.550. The normalized spacial score (nSPS) is 15.6. The summed E-state index contributed by atoms with van der Waals surface area (Å²) in [4.78, 5) is 29.3. The summed E-state index contributed by atoms with van der Waals surface area (Å²) in [6.45, 7) is 8.97. The highest BCUT2D eigenvalue weighted by Gasteiger charge is 2.28. The Morgan fingerprint density at radius 3 is 2.38 bits per heavy atom. The van der Waals surface area contributed by atoms with Gasteiger partial charge in [0.2, 0.25) is 5.91 Å². The van der Waals surface area contributed by atoms with Crippen LogP contribution in [0.3, 0.4) is 0 Å². The first-order chi connectivity index (χ1) is 13.8. The Hall–Kier alpha value is -2.65. The number of carbonyl (C=O) groups is 2. The highest BCUT2D eigenvalue weighted by Crippen LogP contribution is 2.15. The van der Waals surface area contributed by atoms with Crippen molar-refractivity contribution in [3.05, 3.63) is 35.4 Å². The van der Waals surface area contributed by atoms with Crippen molar-refractivity contribution in [2.45, 2.75) is 25.9 Å². The van der Waals surface area contributed by atoms with Gasteiger partial charge < -0.3 is 26.4 Å². The molecule has 0 spiro atoms. The van der Waals surface area contributed by atoms with Crippen molar-refractivity contribution >= 4 is 17.8 Å². The lowest BCUT2D eigenvalue weighted by Gasteiger charge is -2.41. The van der Waals surface area contributed by atoms with E-state index in [0.29, 0.717) is 12.1 Å². The van der Waals surface area contributed by atoms with E-state index in [0.717, 1.165) is 44.4 Å². The van der Waals surface area contributed by atoms with Crippen molar-refractivity contribution in [3.8, 4) is 0 Å². The summed E-state index contributed by atoms with van der Waals surface area (Å²) in [6, 6.07) is 7.14. The monoisotopic (exact) mass is 404 g/mol. The number of amides is 2. The number of aliphatic imine (C=N–C) groups is 1. The molecule has 0 aromatic heterocycles. The smallest absolute Gasteiger partial charge is 0.251 e. The second-order valence-electron chi connectivity index (χ2n) is 7.54. The van der Waals surface area contributed by atoms with Gasteiger partial charge in [-0.15, -0.1) is 0 Å². The third-order valence-electron chi connectivity index (χ3n) is 4.88. The maximum Gasteiger partial charge on any atom is 0.251 e. The molecule has 1 saturated heterocycles. The maximum atomic E-state index is 11.9. The van der Waals surface area contributed by atoms with Gasteiger partial charge in [-0.2, -0.15) is 0 Å². The Balaban J connectivity index is 1.81. The Morgan fingerprint density at radius 2 is 1.79 bits per heavy atom. The predicted molar refractivity (Wildman–Crippen MR) is 113 cm³/mol. The largest absolute Gasteiger partial charge is 0.379 e. The van der Waals surface area contributed by atoms with E-state index in [1.165, 1.54) is 0 Å². The van der Waals surface area contributed by atoms with Crippen LogP contribution in [0.1, 0.15) is 29.8 Å². The number of carbonyl (C=O) groups excluding carboxylic acids is 2. The number of nitrogens with two attached hydrogens (primary N) is 1. The molecule has 0 unspecified atom stereocenters. The van der Waals surface area contributed by atoms with E-state index in [1.807, 2.05) is 12.1 Å². The molecular weight excluding hydrogens is 372 g/mol. The van der Waals surface area contributed by atoms with Crippen molar-refractivity contribution in [2.24, 2.45) is 10.7 Å². The molecule has 1 aromatic rings. The molecule has 2 amide bonds. The molecule has 29 heavy (non-hydrogen) atoms. The third kappa shape index (κ3) is 7.35. The molecule has 0 bridgehead atoms. The molecule has 2 rings (SSSR count). The van der Waals surface area contributed by atoms with Gasteiger partial charge in [0.05, 0.1) is 19.8 Å². The summed E-state index contributed by atoms with van der Waals surface area (Å²) in [6.07, 6.45) is 0. The summed E-state index contributed by atoms with van der Waals surface area (Å²) in [5.74, 6) is -0.185. The van der Waals surface area contributed by atoms with Crippen molar-refractivity contribution in [1.29, 1.82) is 0 Å². The van der Waals surface area contributed by atoms with Crippen LogP contribution in [-0.4, -0.2) is 74.7 Å². The minimum absolute atomic E-state index is 0.0126. The zero-order chi connectivity index (χ0) is 21.3. The molecule has 9 nitrogen and oxygen atoms in total. The first-order valence-electron chi connectivity index (χ1n) is 9.74. The maximum absolute atomic E-state index is 11.9. The quantitative estimate of drug-likeness (QED) is 0.348. The lowest BCUT2D eigenvalue weighted by molar-refractivity contribution is -0.117. The van der Waals surface area contributed by atoms with Crippen molar-refractivity contribution in [2.75, 3.05) is 46.4 Å². The molecule has 5 N–H and O–H groups in total. The number of morpholine rings is 1. The number of guanidine groups is 1. The summed E-state index contributed by atoms with van der Waals surface area (Å²) < 4.78 is 5.43. The number of rotatable bonds is 8. The van der Waals surface area contributed by atoms with Crippen LogP contribution in [0.15, 0.2) is 29.3 Å². The number of primary amides is 1. The van der Waals surface area contributed by atoms with Gasteiger partial charge in [-0.1, -0.05) is 12.1 Å². The zero-order valence-corrected chi connectivity index (χ0v) is 17.5. The number of ether oxygens (including phenoxy) is 1. The molecule has 9 heteroatoms. The van der Waals surface area contributed by atoms with E-state index in [9.17, 15) is 9.59 Å². The Bertz CT molecular complexity index is 711. The van der Waals surface area contributed by atoms with Crippen LogP contribution in [0.4, 0.5) is 0 Å². The van der Waals surface area contributed by atoms with Gasteiger partial charge in [0.1, 0.15) is 0 Å². The van der Waals surface area contributed by atoms with Gasteiger partial charge in [0, 0.05) is 44.3 Å². The van der Waals surface area contributed by atoms with E-state index in [-0.39, 0.29) is 18.0 Å². The SMILES string of the molecule is CN=C(NCc1ccc(C(=O)NCC(N)=O)cc1)NCC(C)(C)N1CCOCC1. The molecule has 1 aliphatic rings. The van der Waals surface area contributed by atoms with E-state index < -0.39 is 5.91 Å². The molecule has 1 fully saturated rings. The van der Waals surface area contributed by atoms with Crippen LogP contribution in [0.2, 0.25) is 0 Å². The van der Waals surface area contributed by atoms with Gasteiger partial charge in [-0.25, -0.2) is 0 Å². The van der Waals surface area contributed by atoms with E-state index in [4.69, 9.17) is 10.5 Å². The second kappa shape index (κ2) is 10.8. The molecule has 0 aliphatic carbocycles. The summed E-state index contributed by atoms with van der Waals surface area (Å²) >= 11 is 0. The van der Waals surface area contributed by atoms with Crippen LogP contribution in [0.5, 0.6) is 0 Å². The van der Waals surface area contributed by atoms with Crippen LogP contribution in [0.25, 0.3) is 0 Å². The fourth-order valence-electron chi connectivity index (χ4n) is 3.03. The molecule has 160 valence electrons. The summed E-state index contributed by atoms with van der Waals surface area (Å²) in [7, 11) is 1.74. The number of hydrogen-bond donors (Lipinski definition) is 4. The minimum atomic E-state index is -0.574. The van der Waals surface area contributed by atoms with Crippen LogP contribution in [-0.2, 0) is 16.1 Å². The van der Waals surface area contributed by atoms with Gasteiger partial charge >= 0.3 is 0 Å². The van der Waals surface area contributed by atoms with Gasteiger partial charge in [0.25, 0.3) is 5.91 Å². The Labute approximate surface area is 172 Å². The molecule has 1 aliphatic heterocycles. The van der Waals surface area contributed by atoms with Crippen molar-refractivity contribution in [3.63, 3.8) is 0 Å². The fourth-order valence-corrected chi connectivity index (χ4v) is 3.03. The van der Waals surface area contributed by atoms with E-state index >= 15 is 0 Å². The highest BCUT2D eigenvalue weighted by molar-refractivity contribution is 5.96. The number of nitrogens with zero attached hydrogens (tertiary/aromatic N) is 2. The Morgan fingerprint density at radius 1 is 1.14 bits per heavy atom. The molecule has 0 saturated carbocycles. The van der Waals surface area contributed by atoms with Crippen molar-refractivity contribution < 1.29 is 14.3 Å². The summed E-state index contributed by atoms with van der Waals surface area (Å²) in [5.41, 5.74) is 6.50. The Kier molecular flexibility index (Phi) is 8.41. The van der Waals surface area contributed by atoms with Gasteiger partial charge in [0.15, 0.2) is 5.96 Å². The van der Waals surface area contributed by atoms with E-state index in [2.05, 4.69) is 39.7 Å². The first-order valence-corrected chi connectivity index (χ1v) is 9.74. The second-order valence-corrected chi connectivity index (χ2v) is 7.54. The molecule has 0 radical (unpaired) electrons. The minimum Gasteiger partial charge on any atom is -0.379 e. The average molecular weight is 405 g/mol. The number of nitrogens with one attached hydrogen (secondary N) is 3. The summed E-state index contributed by atoms with van der Waals surface area (Å²) in [5, 5.41) is 9.13. The third-order valence-corrected chi connectivity index (χ3v) is 4.88. The molecular formula is C20H32N6O3. The molecule has 0 atom stereocenters. The van der Waals surface area contributed by atoms with E-state index in [1.54, 1.807) is 19.2 Å². The van der Waals surface area contributed by atoms with Crippen LogP contribution >= 0.6 is 0 Å². The zero-order valence-electron chi connectivity index (χ0n) is 17.5. The standard InChI is InChI=1S/C20H32N6O3/c1-20(2,26-8-10-29-11-9-26)14-25-19(22-3)24-12-15-4-6-16(7-5-15)18(28)23-13-17(21)27/h4-7H,8-14H2,1-3H3,(H2,21,27)(H,23,28)(H2,22,24,25). The lowest BCUT2D eigenvalue weighted by Crippen LogP contribution is -2.56. The first kappa shape index (κ1) is 22.6. The van der Waals surface area contributed by atoms with Crippen LogP contribution in [0, 0.1) is 0 Å². The van der Waals surface area contributed by atoms with Crippen molar-refractivity contribution in [1.82, 2.24) is 20.9 Å². The van der Waals surface area contributed by atoms with Crippen LogP contribution < -0.4 is 21.7 Å². The lowest BCUT2D eigenvalue weighted by atomic mass is 10.0. The highest BCUT2D eigenvalue weighted by atomic mass is 16.5.